The van der Waals surface area contributed by atoms with Crippen molar-refractivity contribution in [1.29, 1.82) is 0 Å². The summed E-state index contributed by atoms with van der Waals surface area (Å²) < 4.78 is 10.5. The van der Waals surface area contributed by atoms with Crippen LogP contribution in [0.4, 0.5) is 0 Å². The number of carbonyl (C=O) groups excluding carboxylic acids is 2. The summed E-state index contributed by atoms with van der Waals surface area (Å²) in [5.74, 6) is 3.74. The molecule has 0 fully saturated rings. The van der Waals surface area contributed by atoms with Crippen molar-refractivity contribution in [2.24, 2.45) is 0 Å². The van der Waals surface area contributed by atoms with E-state index in [0.29, 0.717) is 39.1 Å². The first-order valence-corrected chi connectivity index (χ1v) is 16.1. The summed E-state index contributed by atoms with van der Waals surface area (Å²) in [5, 5.41) is 0. The molecule has 0 aromatic carbocycles. The maximum Gasteiger partial charge on any atom is 0.307 e. The van der Waals surface area contributed by atoms with E-state index in [4.69, 9.17) is 9.47 Å². The van der Waals surface area contributed by atoms with E-state index < -0.39 is 0 Å². The zero-order chi connectivity index (χ0) is 23.2. The average molecular weight is 515 g/mol. The minimum Gasteiger partial charge on any atom is -0.465 e. The molecule has 10 heteroatoms. The van der Waals surface area contributed by atoms with Gasteiger partial charge in [-0.1, -0.05) is 57.0 Å². The van der Waals surface area contributed by atoms with E-state index in [2.05, 4.69) is 23.6 Å². The molecule has 0 aliphatic heterocycles. The third-order valence-electron chi connectivity index (χ3n) is 4.08. The fourth-order valence-electron chi connectivity index (χ4n) is 2.32. The molecular formula is C21H42N2O4S4. The van der Waals surface area contributed by atoms with Gasteiger partial charge in [-0.2, -0.15) is 0 Å². The number of esters is 2. The van der Waals surface area contributed by atoms with E-state index in [0.717, 1.165) is 42.5 Å². The van der Waals surface area contributed by atoms with Crippen molar-refractivity contribution in [3.63, 3.8) is 0 Å². The molecule has 184 valence electrons. The van der Waals surface area contributed by atoms with Gasteiger partial charge in [0.15, 0.2) is 0 Å². The van der Waals surface area contributed by atoms with Gasteiger partial charge >= 0.3 is 11.9 Å². The van der Waals surface area contributed by atoms with Crippen LogP contribution in [0.3, 0.4) is 0 Å². The van der Waals surface area contributed by atoms with Crippen LogP contribution in [-0.4, -0.2) is 98.2 Å². The molecule has 0 radical (unpaired) electrons. The molecule has 6 nitrogen and oxygen atoms in total. The van der Waals surface area contributed by atoms with Crippen LogP contribution in [0.15, 0.2) is 0 Å². The van der Waals surface area contributed by atoms with E-state index in [1.807, 2.05) is 35.7 Å². The first kappa shape index (κ1) is 31.3. The first-order valence-electron chi connectivity index (χ1n) is 11.2. The molecule has 0 spiro atoms. The van der Waals surface area contributed by atoms with Crippen LogP contribution in [0.1, 0.15) is 46.0 Å². The second-order valence-electron chi connectivity index (χ2n) is 7.19. The maximum absolute atomic E-state index is 11.8. The highest BCUT2D eigenvalue weighted by Crippen LogP contribution is 2.21. The minimum absolute atomic E-state index is 0.120. The summed E-state index contributed by atoms with van der Waals surface area (Å²) in [5.41, 5.74) is 0. The van der Waals surface area contributed by atoms with Gasteiger partial charge in [-0.05, 0) is 46.4 Å². The molecule has 0 aliphatic rings. The molecule has 0 saturated heterocycles. The number of ether oxygens (including phenoxy) is 2. The summed E-state index contributed by atoms with van der Waals surface area (Å²) in [6, 6.07) is 0. The van der Waals surface area contributed by atoms with Gasteiger partial charge < -0.3 is 19.3 Å². The zero-order valence-electron chi connectivity index (χ0n) is 19.8. The molecule has 0 aliphatic carbocycles. The first-order chi connectivity index (χ1) is 15.0. The Kier molecular flexibility index (Phi) is 23.6. The normalized spacial score (nSPS) is 11.3. The number of rotatable bonds is 22. The molecule has 0 atom stereocenters. The van der Waals surface area contributed by atoms with Crippen molar-refractivity contribution in [2.75, 3.05) is 76.5 Å². The molecule has 0 rings (SSSR count). The summed E-state index contributed by atoms with van der Waals surface area (Å²) >= 11 is 0. The standard InChI is InChI=1S/C21H42N2O4S4/c1-5-16-28-30-18-14-26-20(24)8-12-22(3)10-7-11-23(4)13-9-21(25)27-15-19-31-29-17-6-2/h5-19H2,1-4H3. The van der Waals surface area contributed by atoms with Crippen LogP contribution < -0.4 is 0 Å². The molecule has 0 saturated carbocycles. The molecule has 31 heavy (non-hydrogen) atoms. The van der Waals surface area contributed by atoms with E-state index in [9.17, 15) is 9.59 Å². The van der Waals surface area contributed by atoms with Gasteiger partial charge in [0.1, 0.15) is 13.2 Å². The lowest BCUT2D eigenvalue weighted by Gasteiger charge is -2.20. The molecule has 0 aromatic heterocycles. The lowest BCUT2D eigenvalue weighted by Crippen LogP contribution is -2.29. The van der Waals surface area contributed by atoms with Crippen molar-refractivity contribution < 1.29 is 19.1 Å². The number of hydrogen-bond acceptors (Lipinski definition) is 10. The van der Waals surface area contributed by atoms with E-state index in [1.54, 1.807) is 21.6 Å². The molecule has 0 unspecified atom stereocenters. The van der Waals surface area contributed by atoms with Gasteiger partial charge in [0.05, 0.1) is 12.8 Å². The van der Waals surface area contributed by atoms with E-state index >= 15 is 0 Å². The maximum atomic E-state index is 11.8. The Labute approximate surface area is 205 Å². The Morgan fingerprint density at radius 3 is 1.42 bits per heavy atom. The van der Waals surface area contributed by atoms with E-state index in [-0.39, 0.29) is 11.9 Å². The molecule has 0 heterocycles. The summed E-state index contributed by atoms with van der Waals surface area (Å²) in [7, 11) is 11.2. The Hall–Kier alpha value is 0.260. The van der Waals surface area contributed by atoms with Gasteiger partial charge in [-0.25, -0.2) is 0 Å². The summed E-state index contributed by atoms with van der Waals surface area (Å²) in [4.78, 5) is 27.9. The number of hydrogen-bond donors (Lipinski definition) is 0. The Morgan fingerprint density at radius 2 is 1.03 bits per heavy atom. The van der Waals surface area contributed by atoms with Crippen LogP contribution in [0.2, 0.25) is 0 Å². The minimum atomic E-state index is -0.120. The van der Waals surface area contributed by atoms with Gasteiger partial charge in [-0.15, -0.1) is 0 Å². The number of carbonyl (C=O) groups is 2. The quantitative estimate of drug-likeness (QED) is 0.115. The second kappa shape index (κ2) is 23.4. The van der Waals surface area contributed by atoms with Crippen molar-refractivity contribution in [3.8, 4) is 0 Å². The third-order valence-corrected chi connectivity index (χ3v) is 9.23. The molecule has 0 bridgehead atoms. The second-order valence-corrected chi connectivity index (χ2v) is 12.6. The molecule has 0 amide bonds. The highest BCUT2D eigenvalue weighted by molar-refractivity contribution is 8.77. The summed E-state index contributed by atoms with van der Waals surface area (Å²) in [6.07, 6.45) is 4.20. The van der Waals surface area contributed by atoms with Crippen LogP contribution >= 0.6 is 43.2 Å². The lowest BCUT2D eigenvalue weighted by molar-refractivity contribution is -0.144. The SMILES string of the molecule is CCCSSCCOC(=O)CCN(C)CCCN(C)CCC(=O)OCCSSCCC. The van der Waals surface area contributed by atoms with Crippen LogP contribution in [0.25, 0.3) is 0 Å². The van der Waals surface area contributed by atoms with E-state index in [1.165, 1.54) is 12.8 Å². The van der Waals surface area contributed by atoms with Gasteiger partial charge in [-0.3, -0.25) is 9.59 Å². The van der Waals surface area contributed by atoms with Crippen LogP contribution in [0, 0.1) is 0 Å². The van der Waals surface area contributed by atoms with Crippen molar-refractivity contribution in [2.45, 2.75) is 46.0 Å². The van der Waals surface area contributed by atoms with Crippen molar-refractivity contribution >= 4 is 55.1 Å². The zero-order valence-corrected chi connectivity index (χ0v) is 23.0. The third kappa shape index (κ3) is 23.2. The highest BCUT2D eigenvalue weighted by atomic mass is 33.1. The molecular weight excluding hydrogens is 473 g/mol. The summed E-state index contributed by atoms with van der Waals surface area (Å²) in [6.45, 7) is 8.56. The fourth-order valence-corrected chi connectivity index (χ4v) is 6.25. The highest BCUT2D eigenvalue weighted by Gasteiger charge is 2.08. The Bertz CT molecular complexity index is 410. The number of nitrogens with zero attached hydrogens (tertiary/aromatic N) is 2. The van der Waals surface area contributed by atoms with Gasteiger partial charge in [0, 0.05) is 36.1 Å². The van der Waals surface area contributed by atoms with Crippen molar-refractivity contribution in [1.82, 2.24) is 9.80 Å². The largest absolute Gasteiger partial charge is 0.465 e. The Balaban J connectivity index is 3.57. The predicted molar refractivity (Wildman–Crippen MR) is 141 cm³/mol. The smallest absolute Gasteiger partial charge is 0.307 e. The molecule has 0 N–H and O–H groups in total. The fraction of sp³-hybridized carbons (Fsp3) is 0.905. The average Bonchev–Trinajstić information content (AvgIpc) is 2.75. The molecule has 0 aromatic rings. The topological polar surface area (TPSA) is 59.1 Å². The lowest BCUT2D eigenvalue weighted by atomic mass is 10.3. The van der Waals surface area contributed by atoms with Crippen molar-refractivity contribution in [3.05, 3.63) is 0 Å². The van der Waals surface area contributed by atoms with Crippen LogP contribution in [0.5, 0.6) is 0 Å². The van der Waals surface area contributed by atoms with Crippen LogP contribution in [-0.2, 0) is 19.1 Å². The monoisotopic (exact) mass is 514 g/mol. The van der Waals surface area contributed by atoms with Gasteiger partial charge in [0.2, 0.25) is 0 Å². The Morgan fingerprint density at radius 1 is 0.645 bits per heavy atom. The van der Waals surface area contributed by atoms with Gasteiger partial charge in [0.25, 0.3) is 0 Å². The predicted octanol–water partition coefficient (Wildman–Crippen LogP) is 4.69.